The minimum atomic E-state index is -0.0765. The first-order valence-corrected chi connectivity index (χ1v) is 8.48. The Morgan fingerprint density at radius 1 is 1.33 bits per heavy atom. The number of hydrogen-bond donors (Lipinski definition) is 2. The van der Waals surface area contributed by atoms with Crippen LogP contribution in [0.5, 0.6) is 5.75 Å². The molecule has 24 heavy (non-hydrogen) atoms. The molecule has 6 heteroatoms. The lowest BCUT2D eigenvalue weighted by atomic mass is 9.95. The lowest BCUT2D eigenvalue weighted by molar-refractivity contribution is -0.134. The maximum atomic E-state index is 12.4. The van der Waals surface area contributed by atoms with Gasteiger partial charge in [0.1, 0.15) is 5.75 Å². The lowest BCUT2D eigenvalue weighted by Crippen LogP contribution is -2.41. The number of carbonyl (C=O) groups excluding carboxylic acids is 2. The second kappa shape index (κ2) is 8.68. The second-order valence-corrected chi connectivity index (χ2v) is 6.36. The van der Waals surface area contributed by atoms with Crippen LogP contribution in [0.1, 0.15) is 32.6 Å². The van der Waals surface area contributed by atoms with Crippen LogP contribution in [0.4, 0.5) is 5.69 Å². The van der Waals surface area contributed by atoms with Crippen molar-refractivity contribution in [2.24, 2.45) is 11.7 Å². The van der Waals surface area contributed by atoms with Crippen LogP contribution in [-0.2, 0) is 9.59 Å². The topological polar surface area (TPSA) is 84.7 Å². The van der Waals surface area contributed by atoms with Crippen molar-refractivity contribution in [2.75, 3.05) is 25.5 Å². The fourth-order valence-corrected chi connectivity index (χ4v) is 2.88. The molecule has 0 aliphatic carbocycles. The van der Waals surface area contributed by atoms with Crippen molar-refractivity contribution in [2.45, 2.75) is 38.6 Å². The number of hydrogen-bond acceptors (Lipinski definition) is 4. The molecule has 2 amide bonds. The van der Waals surface area contributed by atoms with E-state index in [-0.39, 0.29) is 23.8 Å². The van der Waals surface area contributed by atoms with Crippen molar-refractivity contribution in [3.05, 3.63) is 24.3 Å². The first-order valence-electron chi connectivity index (χ1n) is 8.48. The summed E-state index contributed by atoms with van der Waals surface area (Å²) in [6.07, 6.45) is 2.55. The number of ether oxygens (including phenoxy) is 1. The van der Waals surface area contributed by atoms with Gasteiger partial charge in [-0.25, -0.2) is 0 Å². The summed E-state index contributed by atoms with van der Waals surface area (Å²) in [5.74, 6) is 0.694. The summed E-state index contributed by atoms with van der Waals surface area (Å²) in [4.78, 5) is 26.4. The standard InChI is InChI=1S/C18H27N3O3/c1-13(19)7-8-17(22)21-11-9-14(10-12-21)18(23)20-15-5-3-4-6-16(15)24-2/h3-6,13-14H,7-12,19H2,1-2H3,(H,20,23). The van der Waals surface area contributed by atoms with Crippen LogP contribution in [0.25, 0.3) is 0 Å². The molecule has 1 aromatic carbocycles. The molecule has 0 bridgehead atoms. The van der Waals surface area contributed by atoms with Crippen LogP contribution in [0, 0.1) is 5.92 Å². The maximum Gasteiger partial charge on any atom is 0.227 e. The van der Waals surface area contributed by atoms with E-state index in [1.165, 1.54) is 0 Å². The van der Waals surface area contributed by atoms with Crippen LogP contribution in [0.3, 0.4) is 0 Å². The fourth-order valence-electron chi connectivity index (χ4n) is 2.88. The van der Waals surface area contributed by atoms with Crippen molar-refractivity contribution in [3.63, 3.8) is 0 Å². The number of piperidine rings is 1. The summed E-state index contributed by atoms with van der Waals surface area (Å²) in [7, 11) is 1.58. The van der Waals surface area contributed by atoms with Crippen LogP contribution in [0.2, 0.25) is 0 Å². The number of methoxy groups -OCH3 is 1. The van der Waals surface area contributed by atoms with Gasteiger partial charge in [-0.1, -0.05) is 12.1 Å². The van der Waals surface area contributed by atoms with Crippen molar-refractivity contribution in [3.8, 4) is 5.75 Å². The summed E-state index contributed by atoms with van der Waals surface area (Å²) in [5.41, 5.74) is 6.38. The number of nitrogens with zero attached hydrogens (tertiary/aromatic N) is 1. The van der Waals surface area contributed by atoms with E-state index in [1.54, 1.807) is 7.11 Å². The van der Waals surface area contributed by atoms with Crippen molar-refractivity contribution in [1.29, 1.82) is 0 Å². The highest BCUT2D eigenvalue weighted by Gasteiger charge is 2.27. The normalized spacial score (nSPS) is 16.5. The summed E-state index contributed by atoms with van der Waals surface area (Å²) in [6.45, 7) is 3.16. The molecule has 1 saturated heterocycles. The molecule has 6 nitrogen and oxygen atoms in total. The third-order valence-corrected chi connectivity index (χ3v) is 4.40. The molecule has 1 aromatic rings. The van der Waals surface area contributed by atoms with Crippen LogP contribution < -0.4 is 15.8 Å². The predicted molar refractivity (Wildman–Crippen MR) is 93.8 cm³/mol. The van der Waals surface area contributed by atoms with Gasteiger partial charge in [-0.15, -0.1) is 0 Å². The van der Waals surface area contributed by atoms with Crippen molar-refractivity contribution in [1.82, 2.24) is 4.90 Å². The summed E-state index contributed by atoms with van der Waals surface area (Å²) in [5, 5.41) is 2.93. The third kappa shape index (κ3) is 4.96. The molecule has 1 aliphatic heterocycles. The van der Waals surface area contributed by atoms with Crippen molar-refractivity contribution >= 4 is 17.5 Å². The molecule has 1 unspecified atom stereocenters. The quantitative estimate of drug-likeness (QED) is 0.834. The zero-order chi connectivity index (χ0) is 17.5. The Hall–Kier alpha value is -2.08. The Morgan fingerprint density at radius 2 is 2.00 bits per heavy atom. The Kier molecular flexibility index (Phi) is 6.61. The highest BCUT2D eigenvalue weighted by atomic mass is 16.5. The van der Waals surface area contributed by atoms with E-state index < -0.39 is 0 Å². The van der Waals surface area contributed by atoms with Crippen LogP contribution in [-0.4, -0.2) is 43.0 Å². The fraction of sp³-hybridized carbons (Fsp3) is 0.556. The number of rotatable bonds is 6. The predicted octanol–water partition coefficient (Wildman–Crippen LogP) is 2.00. The minimum absolute atomic E-state index is 0.0119. The molecule has 3 N–H and O–H groups in total. The highest BCUT2D eigenvalue weighted by molar-refractivity contribution is 5.94. The van der Waals surface area contributed by atoms with Gasteiger partial charge in [0.05, 0.1) is 12.8 Å². The summed E-state index contributed by atoms with van der Waals surface area (Å²) >= 11 is 0. The molecular formula is C18H27N3O3. The number of anilines is 1. The first-order chi connectivity index (χ1) is 11.5. The van der Waals surface area contributed by atoms with E-state index in [1.807, 2.05) is 36.1 Å². The smallest absolute Gasteiger partial charge is 0.227 e. The first kappa shape index (κ1) is 18.3. The van der Waals surface area contributed by atoms with Gasteiger partial charge in [-0.2, -0.15) is 0 Å². The molecule has 0 saturated carbocycles. The van der Waals surface area contributed by atoms with Crippen LogP contribution >= 0.6 is 0 Å². The number of likely N-dealkylation sites (tertiary alicyclic amines) is 1. The zero-order valence-corrected chi connectivity index (χ0v) is 14.5. The SMILES string of the molecule is COc1ccccc1NC(=O)C1CCN(C(=O)CCC(C)N)CC1. The molecule has 1 atom stereocenters. The van der Waals surface area contributed by atoms with Gasteiger partial charge in [-0.3, -0.25) is 9.59 Å². The number of benzene rings is 1. The number of carbonyl (C=O) groups is 2. The lowest BCUT2D eigenvalue weighted by Gasteiger charge is -2.31. The summed E-state index contributed by atoms with van der Waals surface area (Å²) < 4.78 is 5.25. The average Bonchev–Trinajstić information content (AvgIpc) is 2.60. The second-order valence-electron chi connectivity index (χ2n) is 6.36. The molecule has 1 fully saturated rings. The van der Waals surface area contributed by atoms with Gasteiger partial charge in [0.15, 0.2) is 0 Å². The Morgan fingerprint density at radius 3 is 2.62 bits per heavy atom. The molecule has 132 valence electrons. The van der Waals surface area contributed by atoms with Gasteiger partial charge >= 0.3 is 0 Å². The zero-order valence-electron chi connectivity index (χ0n) is 14.5. The molecule has 2 rings (SSSR count). The van der Waals surface area contributed by atoms with Gasteiger partial charge < -0.3 is 20.7 Å². The van der Waals surface area contributed by atoms with Gasteiger partial charge in [-0.05, 0) is 38.3 Å². The van der Waals surface area contributed by atoms with Gasteiger partial charge in [0.2, 0.25) is 11.8 Å². The van der Waals surface area contributed by atoms with Gasteiger partial charge in [0, 0.05) is 31.5 Å². The maximum absolute atomic E-state index is 12.4. The molecular weight excluding hydrogens is 306 g/mol. The molecule has 1 aliphatic rings. The van der Waals surface area contributed by atoms with Crippen molar-refractivity contribution < 1.29 is 14.3 Å². The number of nitrogens with two attached hydrogens (primary N) is 1. The molecule has 0 radical (unpaired) electrons. The van der Waals surface area contributed by atoms with E-state index in [0.29, 0.717) is 50.2 Å². The van der Waals surface area contributed by atoms with E-state index in [9.17, 15) is 9.59 Å². The minimum Gasteiger partial charge on any atom is -0.495 e. The molecule has 1 heterocycles. The monoisotopic (exact) mass is 333 g/mol. The van der Waals surface area contributed by atoms with E-state index >= 15 is 0 Å². The van der Waals surface area contributed by atoms with Crippen LogP contribution in [0.15, 0.2) is 24.3 Å². The number of para-hydroxylation sites is 2. The van der Waals surface area contributed by atoms with Gasteiger partial charge in [0.25, 0.3) is 0 Å². The Bertz CT molecular complexity index is 566. The van der Waals surface area contributed by atoms with E-state index in [0.717, 1.165) is 0 Å². The largest absolute Gasteiger partial charge is 0.495 e. The highest BCUT2D eigenvalue weighted by Crippen LogP contribution is 2.26. The number of nitrogens with one attached hydrogen (secondary N) is 1. The van der Waals surface area contributed by atoms with E-state index in [4.69, 9.17) is 10.5 Å². The summed E-state index contributed by atoms with van der Waals surface area (Å²) in [6, 6.07) is 7.40. The average molecular weight is 333 g/mol. The Labute approximate surface area is 143 Å². The third-order valence-electron chi connectivity index (χ3n) is 4.40. The van der Waals surface area contributed by atoms with E-state index in [2.05, 4.69) is 5.32 Å². The Balaban J connectivity index is 1.83. The molecule has 0 spiro atoms. The number of amides is 2. The molecule has 0 aromatic heterocycles.